The summed E-state index contributed by atoms with van der Waals surface area (Å²) in [6.07, 6.45) is -0.558. The summed E-state index contributed by atoms with van der Waals surface area (Å²) in [6.45, 7) is 6.92. The van der Waals surface area contributed by atoms with Crippen LogP contribution in [-0.2, 0) is 9.53 Å². The number of amides is 1. The number of carboxylic acids is 1. The van der Waals surface area contributed by atoms with Crippen LogP contribution >= 0.6 is 0 Å². The highest BCUT2D eigenvalue weighted by Gasteiger charge is 2.54. The molecule has 0 aromatic carbocycles. The lowest BCUT2D eigenvalue weighted by Gasteiger charge is -2.19. The normalized spacial score (nSPS) is 25.9. The quantitative estimate of drug-likeness (QED) is 0.644. The predicted octanol–water partition coefficient (Wildman–Crippen LogP) is 1.08. The molecule has 1 N–H and O–H groups in total. The molecule has 0 spiro atoms. The van der Waals surface area contributed by atoms with Gasteiger partial charge in [0.15, 0.2) is 6.04 Å². The Morgan fingerprint density at radius 1 is 1.36 bits per heavy atom. The van der Waals surface area contributed by atoms with Crippen molar-refractivity contribution in [3.8, 4) is 0 Å². The maximum atomic E-state index is 11.4. The molecule has 80 valence electrons. The van der Waals surface area contributed by atoms with E-state index in [-0.39, 0.29) is 6.04 Å². The molecule has 0 aromatic heterocycles. The minimum atomic E-state index is -0.983. The minimum absolute atomic E-state index is 0.262. The number of nitrogens with zero attached hydrogens (tertiary/aromatic N) is 1. The first-order valence-corrected chi connectivity index (χ1v) is 4.48. The maximum absolute atomic E-state index is 11.4. The first-order valence-electron chi connectivity index (χ1n) is 4.48. The molecule has 0 radical (unpaired) electrons. The van der Waals surface area contributed by atoms with Gasteiger partial charge in [0, 0.05) is 0 Å². The molecule has 1 fully saturated rings. The molecule has 5 nitrogen and oxygen atoms in total. The van der Waals surface area contributed by atoms with Gasteiger partial charge < -0.3 is 9.84 Å². The molecular weight excluding hydrogens is 186 g/mol. The minimum Gasteiger partial charge on any atom is -0.480 e. The van der Waals surface area contributed by atoms with Crippen molar-refractivity contribution in [3.63, 3.8) is 0 Å². The van der Waals surface area contributed by atoms with Crippen molar-refractivity contribution in [2.24, 2.45) is 0 Å². The highest BCUT2D eigenvalue weighted by molar-refractivity contribution is 5.87. The Morgan fingerprint density at radius 3 is 2.14 bits per heavy atom. The molecule has 0 unspecified atom stereocenters. The number of ether oxygens (including phenoxy) is 1. The molecule has 0 bridgehead atoms. The van der Waals surface area contributed by atoms with E-state index in [2.05, 4.69) is 0 Å². The second-order valence-electron chi connectivity index (χ2n) is 4.41. The summed E-state index contributed by atoms with van der Waals surface area (Å²) >= 11 is 0. The third kappa shape index (κ3) is 2.16. The van der Waals surface area contributed by atoms with Crippen LogP contribution < -0.4 is 0 Å². The van der Waals surface area contributed by atoms with Crippen molar-refractivity contribution in [2.45, 2.75) is 45.4 Å². The number of rotatable bonds is 1. The van der Waals surface area contributed by atoms with Crippen LogP contribution in [0.3, 0.4) is 0 Å². The second-order valence-corrected chi connectivity index (χ2v) is 4.41. The molecule has 1 heterocycles. The molecule has 0 aromatic rings. The fourth-order valence-corrected chi connectivity index (χ4v) is 1.27. The van der Waals surface area contributed by atoms with E-state index in [0.29, 0.717) is 0 Å². The molecule has 1 rings (SSSR count). The molecule has 5 heteroatoms. The molecule has 1 aliphatic heterocycles. The highest BCUT2D eigenvalue weighted by atomic mass is 16.6. The van der Waals surface area contributed by atoms with Crippen LogP contribution in [0.4, 0.5) is 4.79 Å². The lowest BCUT2D eigenvalue weighted by atomic mass is 10.2. The Labute approximate surface area is 82.6 Å². The van der Waals surface area contributed by atoms with Crippen LogP contribution in [0.1, 0.15) is 27.7 Å². The smallest absolute Gasteiger partial charge is 0.411 e. The first kappa shape index (κ1) is 10.8. The predicted molar refractivity (Wildman–Crippen MR) is 49.0 cm³/mol. The molecule has 1 amide bonds. The van der Waals surface area contributed by atoms with Gasteiger partial charge in [-0.1, -0.05) is 0 Å². The van der Waals surface area contributed by atoms with Gasteiger partial charge in [0.05, 0.1) is 6.04 Å². The number of carboxylic acid groups (broad SMARTS) is 1. The molecule has 1 aliphatic rings. The van der Waals surface area contributed by atoms with Crippen molar-refractivity contribution in [2.75, 3.05) is 0 Å². The second kappa shape index (κ2) is 3.15. The summed E-state index contributed by atoms with van der Waals surface area (Å²) in [6, 6.07) is -0.979. The van der Waals surface area contributed by atoms with Gasteiger partial charge >= 0.3 is 12.1 Å². The molecule has 0 saturated carbocycles. The van der Waals surface area contributed by atoms with Crippen molar-refractivity contribution >= 4 is 12.1 Å². The lowest BCUT2D eigenvalue weighted by molar-refractivity contribution is -0.137. The average Bonchev–Trinajstić information content (AvgIpc) is 2.57. The van der Waals surface area contributed by atoms with Gasteiger partial charge in [-0.25, -0.2) is 9.59 Å². The Bertz CT molecular complexity index is 268. The highest BCUT2D eigenvalue weighted by Crippen LogP contribution is 2.30. The van der Waals surface area contributed by atoms with Crippen LogP contribution in [-0.4, -0.2) is 39.8 Å². The lowest BCUT2D eigenvalue weighted by Crippen LogP contribution is -2.29. The van der Waals surface area contributed by atoms with E-state index in [4.69, 9.17) is 9.84 Å². The van der Waals surface area contributed by atoms with Crippen LogP contribution in [0.2, 0.25) is 0 Å². The number of carbonyl (C=O) groups is 2. The van der Waals surface area contributed by atoms with Crippen LogP contribution in [0.15, 0.2) is 0 Å². The van der Waals surface area contributed by atoms with Gasteiger partial charge in [-0.05, 0) is 27.7 Å². The number of hydrogen-bond donors (Lipinski definition) is 1. The third-order valence-electron chi connectivity index (χ3n) is 1.96. The monoisotopic (exact) mass is 201 g/mol. The molecular formula is C9H15NO4. The third-order valence-corrected chi connectivity index (χ3v) is 1.96. The Balaban J connectivity index is 2.54. The molecule has 2 atom stereocenters. The average molecular weight is 201 g/mol. The van der Waals surface area contributed by atoms with Gasteiger partial charge in [-0.3, -0.25) is 4.90 Å². The van der Waals surface area contributed by atoms with Gasteiger partial charge in [0.1, 0.15) is 5.60 Å². The van der Waals surface area contributed by atoms with E-state index >= 15 is 0 Å². The van der Waals surface area contributed by atoms with E-state index in [0.717, 1.165) is 0 Å². The van der Waals surface area contributed by atoms with Crippen molar-refractivity contribution in [1.82, 2.24) is 4.90 Å². The summed E-state index contributed by atoms with van der Waals surface area (Å²) in [5.74, 6) is -0.983. The fourth-order valence-electron chi connectivity index (χ4n) is 1.27. The van der Waals surface area contributed by atoms with Gasteiger partial charge in [-0.15, -0.1) is 0 Å². The van der Waals surface area contributed by atoms with E-state index in [9.17, 15) is 9.59 Å². The summed E-state index contributed by atoms with van der Waals surface area (Å²) in [7, 11) is 0. The van der Waals surface area contributed by atoms with Crippen LogP contribution in [0.25, 0.3) is 0 Å². The zero-order chi connectivity index (χ0) is 11.1. The van der Waals surface area contributed by atoms with Crippen LogP contribution in [0, 0.1) is 0 Å². The largest absolute Gasteiger partial charge is 0.480 e. The van der Waals surface area contributed by atoms with Crippen molar-refractivity contribution < 1.29 is 19.4 Å². The first-order chi connectivity index (χ1) is 6.24. The summed E-state index contributed by atoms with van der Waals surface area (Å²) < 4.78 is 5.04. The van der Waals surface area contributed by atoms with Crippen molar-refractivity contribution in [3.05, 3.63) is 0 Å². The van der Waals surface area contributed by atoms with E-state index in [1.54, 1.807) is 27.7 Å². The SMILES string of the molecule is C[C@H]1[C@H](C(=O)O)N1C(=O)OC(C)(C)C. The Morgan fingerprint density at radius 2 is 1.86 bits per heavy atom. The number of aliphatic carboxylic acids is 1. The van der Waals surface area contributed by atoms with Gasteiger partial charge in [0.2, 0.25) is 0 Å². The van der Waals surface area contributed by atoms with Crippen LogP contribution in [0.5, 0.6) is 0 Å². The molecule has 1 saturated heterocycles. The van der Waals surface area contributed by atoms with E-state index in [1.807, 2.05) is 0 Å². The van der Waals surface area contributed by atoms with Crippen molar-refractivity contribution in [1.29, 1.82) is 0 Å². The maximum Gasteiger partial charge on any atom is 0.411 e. The summed E-state index contributed by atoms with van der Waals surface area (Å²) in [5.41, 5.74) is -0.581. The van der Waals surface area contributed by atoms with Gasteiger partial charge in [-0.2, -0.15) is 0 Å². The number of carbonyl (C=O) groups excluding carboxylic acids is 1. The number of hydrogen-bond acceptors (Lipinski definition) is 3. The van der Waals surface area contributed by atoms with E-state index in [1.165, 1.54) is 4.90 Å². The molecule has 14 heavy (non-hydrogen) atoms. The Hall–Kier alpha value is -1.26. The zero-order valence-corrected chi connectivity index (χ0v) is 8.77. The standard InChI is InChI=1S/C9H15NO4/c1-5-6(7(11)12)10(5)8(13)14-9(2,3)4/h5-6H,1-4H3,(H,11,12)/t5-,6+,10?/m0/s1. The summed E-state index contributed by atoms with van der Waals surface area (Å²) in [4.78, 5) is 23.2. The summed E-state index contributed by atoms with van der Waals surface area (Å²) in [5, 5.41) is 8.69. The Kier molecular flexibility index (Phi) is 2.43. The van der Waals surface area contributed by atoms with Gasteiger partial charge in [0.25, 0.3) is 0 Å². The zero-order valence-electron chi connectivity index (χ0n) is 8.77. The van der Waals surface area contributed by atoms with E-state index < -0.39 is 23.7 Å². The fraction of sp³-hybridized carbons (Fsp3) is 0.778. The molecule has 0 aliphatic carbocycles. The topological polar surface area (TPSA) is 66.6 Å².